The molecule has 1 aromatic rings. The van der Waals surface area contributed by atoms with Gasteiger partial charge >= 0.3 is 0 Å². The molecule has 1 fully saturated rings. The van der Waals surface area contributed by atoms with Crippen molar-refractivity contribution in [1.82, 2.24) is 0 Å². The van der Waals surface area contributed by atoms with E-state index in [1.54, 1.807) is 6.07 Å². The molecule has 0 aliphatic heterocycles. The molecule has 1 aliphatic carbocycles. The van der Waals surface area contributed by atoms with Crippen molar-refractivity contribution >= 4 is 17.3 Å². The molecule has 0 spiro atoms. The highest BCUT2D eigenvalue weighted by Gasteiger charge is 2.39. The Labute approximate surface area is 107 Å². The van der Waals surface area contributed by atoms with Crippen LogP contribution in [0.15, 0.2) is 18.2 Å². The topological polar surface area (TPSA) is 55.1 Å². The molecule has 3 N–H and O–H groups in total. The first-order valence-corrected chi connectivity index (χ1v) is 6.44. The zero-order valence-electron chi connectivity index (χ0n) is 10.6. The lowest BCUT2D eigenvalue weighted by atomic mass is 9.82. The predicted octanol–water partition coefficient (Wildman–Crippen LogP) is 3.32. The van der Waals surface area contributed by atoms with Crippen LogP contribution in [0.25, 0.3) is 0 Å². The maximum Gasteiger partial charge on any atom is 0.230 e. The highest BCUT2D eigenvalue weighted by atomic mass is 19.1. The molecule has 0 heterocycles. The number of nitrogens with two attached hydrogens (primary N) is 1. The summed E-state index contributed by atoms with van der Waals surface area (Å²) in [5.74, 6) is -0.424. The average molecular weight is 250 g/mol. The molecule has 0 bridgehead atoms. The summed E-state index contributed by atoms with van der Waals surface area (Å²) in [7, 11) is 0. The number of halogens is 1. The predicted molar refractivity (Wildman–Crippen MR) is 70.6 cm³/mol. The molecule has 0 unspecified atom stereocenters. The van der Waals surface area contributed by atoms with E-state index in [2.05, 4.69) is 5.32 Å². The van der Waals surface area contributed by atoms with E-state index in [1.165, 1.54) is 12.1 Å². The molecular formula is C14H19FN2O. The van der Waals surface area contributed by atoms with E-state index in [0.717, 1.165) is 32.1 Å². The van der Waals surface area contributed by atoms with Crippen LogP contribution in [0.1, 0.15) is 39.0 Å². The molecule has 0 saturated heterocycles. The normalized spacial score (nSPS) is 17.7. The highest BCUT2D eigenvalue weighted by Crippen LogP contribution is 2.41. The largest absolute Gasteiger partial charge is 0.396 e. The van der Waals surface area contributed by atoms with Crippen LogP contribution in [0.5, 0.6) is 0 Å². The van der Waals surface area contributed by atoms with Crippen molar-refractivity contribution in [2.45, 2.75) is 39.0 Å². The lowest BCUT2D eigenvalue weighted by Crippen LogP contribution is -2.33. The van der Waals surface area contributed by atoms with Crippen molar-refractivity contribution in [2.24, 2.45) is 5.41 Å². The summed E-state index contributed by atoms with van der Waals surface area (Å²) >= 11 is 0. The van der Waals surface area contributed by atoms with Gasteiger partial charge in [-0.25, -0.2) is 4.39 Å². The Bertz CT molecular complexity index is 453. The van der Waals surface area contributed by atoms with E-state index in [-0.39, 0.29) is 17.0 Å². The summed E-state index contributed by atoms with van der Waals surface area (Å²) in [4.78, 5) is 12.3. The lowest BCUT2D eigenvalue weighted by molar-refractivity contribution is -0.125. The molecule has 4 heteroatoms. The van der Waals surface area contributed by atoms with Gasteiger partial charge in [0.15, 0.2) is 0 Å². The van der Waals surface area contributed by atoms with Crippen molar-refractivity contribution in [2.75, 3.05) is 11.1 Å². The number of carbonyl (C=O) groups excluding carboxylic acids is 1. The van der Waals surface area contributed by atoms with Crippen LogP contribution >= 0.6 is 0 Å². The number of amides is 1. The first-order valence-electron chi connectivity index (χ1n) is 6.44. The van der Waals surface area contributed by atoms with Gasteiger partial charge in [-0.15, -0.1) is 0 Å². The Balaban J connectivity index is 2.13. The minimum atomic E-state index is -0.459. The molecule has 0 aromatic heterocycles. The molecule has 18 heavy (non-hydrogen) atoms. The average Bonchev–Trinajstić information content (AvgIpc) is 2.84. The summed E-state index contributed by atoms with van der Waals surface area (Å²) in [5, 5.41) is 2.86. The van der Waals surface area contributed by atoms with Crippen molar-refractivity contribution in [3.63, 3.8) is 0 Å². The van der Waals surface area contributed by atoms with Crippen molar-refractivity contribution in [3.05, 3.63) is 24.0 Å². The number of benzene rings is 1. The van der Waals surface area contributed by atoms with Crippen LogP contribution in [0.4, 0.5) is 15.8 Å². The SMILES string of the molecule is CCC1(C(=O)Nc2ccc(F)c(N)c2)CCCC1. The standard InChI is InChI=1S/C14H19FN2O/c1-2-14(7-3-4-8-14)13(18)17-10-5-6-11(15)12(16)9-10/h5-6,9H,2-4,7-8,16H2,1H3,(H,17,18). The molecule has 1 saturated carbocycles. The Morgan fingerprint density at radius 3 is 2.67 bits per heavy atom. The monoisotopic (exact) mass is 250 g/mol. The zero-order chi connectivity index (χ0) is 13.2. The Hall–Kier alpha value is -1.58. The third-order valence-electron chi connectivity index (χ3n) is 3.97. The summed E-state index contributed by atoms with van der Waals surface area (Å²) in [6, 6.07) is 4.28. The lowest BCUT2D eigenvalue weighted by Gasteiger charge is -2.26. The summed E-state index contributed by atoms with van der Waals surface area (Å²) in [6.45, 7) is 2.05. The first-order chi connectivity index (χ1) is 8.57. The molecular weight excluding hydrogens is 231 g/mol. The number of nitrogens with one attached hydrogen (secondary N) is 1. The number of rotatable bonds is 3. The number of nitrogen functional groups attached to an aromatic ring is 1. The fraction of sp³-hybridized carbons (Fsp3) is 0.500. The highest BCUT2D eigenvalue weighted by molar-refractivity contribution is 5.95. The Kier molecular flexibility index (Phi) is 3.55. The van der Waals surface area contributed by atoms with E-state index in [9.17, 15) is 9.18 Å². The summed E-state index contributed by atoms with van der Waals surface area (Å²) < 4.78 is 13.0. The van der Waals surface area contributed by atoms with E-state index >= 15 is 0 Å². The Morgan fingerprint density at radius 1 is 1.44 bits per heavy atom. The van der Waals surface area contributed by atoms with E-state index < -0.39 is 5.82 Å². The second kappa shape index (κ2) is 4.96. The fourth-order valence-electron chi connectivity index (χ4n) is 2.68. The fourth-order valence-corrected chi connectivity index (χ4v) is 2.68. The number of hydrogen-bond donors (Lipinski definition) is 2. The first kappa shape index (κ1) is 12.9. The molecule has 1 aliphatic rings. The van der Waals surface area contributed by atoms with Crippen LogP contribution in [0.3, 0.4) is 0 Å². The number of hydrogen-bond acceptors (Lipinski definition) is 2. The third kappa shape index (κ3) is 2.33. The maximum absolute atomic E-state index is 13.0. The zero-order valence-corrected chi connectivity index (χ0v) is 10.6. The van der Waals surface area contributed by atoms with Gasteiger partial charge in [0.1, 0.15) is 5.82 Å². The van der Waals surface area contributed by atoms with Gasteiger partial charge in [0.25, 0.3) is 0 Å². The van der Waals surface area contributed by atoms with Gasteiger partial charge in [0.05, 0.1) is 5.69 Å². The second-order valence-corrected chi connectivity index (χ2v) is 5.03. The third-order valence-corrected chi connectivity index (χ3v) is 3.97. The van der Waals surface area contributed by atoms with Gasteiger partial charge in [0, 0.05) is 11.1 Å². The molecule has 98 valence electrons. The molecule has 3 nitrogen and oxygen atoms in total. The van der Waals surface area contributed by atoms with Crippen molar-refractivity contribution in [1.29, 1.82) is 0 Å². The van der Waals surface area contributed by atoms with E-state index in [0.29, 0.717) is 5.69 Å². The van der Waals surface area contributed by atoms with Crippen LogP contribution < -0.4 is 11.1 Å². The summed E-state index contributed by atoms with van der Waals surface area (Å²) in [5.41, 5.74) is 5.87. The van der Waals surface area contributed by atoms with Crippen LogP contribution in [0.2, 0.25) is 0 Å². The van der Waals surface area contributed by atoms with Crippen LogP contribution in [0, 0.1) is 11.2 Å². The second-order valence-electron chi connectivity index (χ2n) is 5.03. The van der Waals surface area contributed by atoms with Gasteiger partial charge in [-0.2, -0.15) is 0 Å². The van der Waals surface area contributed by atoms with Crippen molar-refractivity contribution in [3.8, 4) is 0 Å². The van der Waals surface area contributed by atoms with Gasteiger partial charge in [-0.3, -0.25) is 4.79 Å². The van der Waals surface area contributed by atoms with Crippen molar-refractivity contribution < 1.29 is 9.18 Å². The Morgan fingerprint density at radius 2 is 2.11 bits per heavy atom. The van der Waals surface area contributed by atoms with Crippen LogP contribution in [-0.2, 0) is 4.79 Å². The van der Waals surface area contributed by atoms with Gasteiger partial charge < -0.3 is 11.1 Å². The summed E-state index contributed by atoms with van der Waals surface area (Å²) in [6.07, 6.45) is 4.92. The minimum Gasteiger partial charge on any atom is -0.396 e. The van der Waals surface area contributed by atoms with Gasteiger partial charge in [0.2, 0.25) is 5.91 Å². The minimum absolute atomic E-state index is 0.0357. The van der Waals surface area contributed by atoms with Gasteiger partial charge in [-0.05, 0) is 37.5 Å². The number of anilines is 2. The maximum atomic E-state index is 13.0. The van der Waals surface area contributed by atoms with E-state index in [1.807, 2.05) is 6.92 Å². The van der Waals surface area contributed by atoms with Crippen LogP contribution in [-0.4, -0.2) is 5.91 Å². The number of carbonyl (C=O) groups is 1. The quantitative estimate of drug-likeness (QED) is 0.808. The van der Waals surface area contributed by atoms with Gasteiger partial charge in [-0.1, -0.05) is 19.8 Å². The molecule has 2 rings (SSSR count). The molecule has 0 atom stereocenters. The molecule has 1 amide bonds. The smallest absolute Gasteiger partial charge is 0.230 e. The molecule has 0 radical (unpaired) electrons. The van der Waals surface area contributed by atoms with E-state index in [4.69, 9.17) is 5.73 Å². The molecule has 1 aromatic carbocycles.